The van der Waals surface area contributed by atoms with E-state index in [0.29, 0.717) is 6.42 Å². The zero-order valence-electron chi connectivity index (χ0n) is 6.00. The fourth-order valence-corrected chi connectivity index (χ4v) is 1.19. The Balaban J connectivity index is 2.38. The van der Waals surface area contributed by atoms with Crippen LogP contribution in [0.15, 0.2) is 28.5 Å². The second kappa shape index (κ2) is 2.34. The Labute approximate surface area is 64.5 Å². The molecule has 0 aromatic rings. The number of hydrogen-bond acceptors (Lipinski definition) is 3. The van der Waals surface area contributed by atoms with Crippen molar-refractivity contribution >= 4 is 12.0 Å². The molecule has 1 aliphatic heterocycles. The quantitative estimate of drug-likeness (QED) is 0.505. The zero-order chi connectivity index (χ0) is 7.68. The second-order valence-electron chi connectivity index (χ2n) is 2.48. The maximum Gasteiger partial charge on any atom is 0.170 e. The number of allylic oxidation sites excluding steroid dienone is 3. The van der Waals surface area contributed by atoms with Crippen LogP contribution in [0.2, 0.25) is 0 Å². The van der Waals surface area contributed by atoms with Crippen LogP contribution in [0.1, 0.15) is 6.42 Å². The molecule has 1 aliphatic carbocycles. The van der Waals surface area contributed by atoms with Gasteiger partial charge >= 0.3 is 0 Å². The van der Waals surface area contributed by atoms with Crippen molar-refractivity contribution in [2.24, 2.45) is 4.99 Å². The van der Waals surface area contributed by atoms with Crippen molar-refractivity contribution in [3.8, 4) is 0 Å². The fourth-order valence-electron chi connectivity index (χ4n) is 1.19. The lowest BCUT2D eigenvalue weighted by Crippen LogP contribution is -2.10. The Hall–Kier alpha value is -1.38. The highest BCUT2D eigenvalue weighted by Gasteiger charge is 2.16. The molecule has 11 heavy (non-hydrogen) atoms. The molecule has 0 aromatic carbocycles. The summed E-state index contributed by atoms with van der Waals surface area (Å²) in [5.41, 5.74) is 0.721. The first-order chi connectivity index (χ1) is 5.38. The minimum atomic E-state index is 0.159. The van der Waals surface area contributed by atoms with E-state index in [-0.39, 0.29) is 5.78 Å². The standard InChI is InChI=1S/C8H8N2O/c11-7-3-1-2-6(7)8-9-4-5-10-8/h1-2,4,10H,3,5H2. The normalized spacial score (nSPS) is 28.2. The van der Waals surface area contributed by atoms with Gasteiger partial charge in [-0.15, -0.1) is 0 Å². The minimum Gasteiger partial charge on any atom is -0.364 e. The first-order valence-corrected chi connectivity index (χ1v) is 3.58. The lowest BCUT2D eigenvalue weighted by Gasteiger charge is -1.98. The molecule has 0 aromatic heterocycles. The van der Waals surface area contributed by atoms with Gasteiger partial charge in [0.05, 0.1) is 12.1 Å². The SMILES string of the molecule is O=C1CC=CC1=C1N=CCN1. The Bertz CT molecular complexity index is 286. The highest BCUT2D eigenvalue weighted by molar-refractivity contribution is 6.02. The number of carbonyl (C=O) groups excluding carboxylic acids is 1. The molecule has 0 radical (unpaired) electrons. The van der Waals surface area contributed by atoms with E-state index in [1.54, 1.807) is 6.21 Å². The number of rotatable bonds is 0. The Morgan fingerprint density at radius 1 is 1.55 bits per heavy atom. The Morgan fingerprint density at radius 2 is 2.45 bits per heavy atom. The van der Waals surface area contributed by atoms with Crippen LogP contribution in [0.3, 0.4) is 0 Å². The van der Waals surface area contributed by atoms with Gasteiger partial charge in [0.25, 0.3) is 0 Å². The molecule has 0 saturated carbocycles. The number of Topliss-reactive ketones (excluding diaryl/α,β-unsaturated/α-hetero) is 1. The molecule has 0 fully saturated rings. The molecular formula is C8H8N2O. The molecule has 0 bridgehead atoms. The number of ketones is 1. The predicted molar refractivity (Wildman–Crippen MR) is 42.3 cm³/mol. The van der Waals surface area contributed by atoms with Crippen molar-refractivity contribution in [1.82, 2.24) is 5.32 Å². The summed E-state index contributed by atoms with van der Waals surface area (Å²) in [6, 6.07) is 0. The molecule has 0 atom stereocenters. The Morgan fingerprint density at radius 3 is 3.00 bits per heavy atom. The number of aliphatic imine (C=N–C) groups is 1. The monoisotopic (exact) mass is 148 g/mol. The molecule has 2 rings (SSSR count). The molecule has 1 N–H and O–H groups in total. The van der Waals surface area contributed by atoms with Gasteiger partial charge in [0.1, 0.15) is 5.82 Å². The zero-order valence-corrected chi connectivity index (χ0v) is 6.00. The number of hydrogen-bond donors (Lipinski definition) is 1. The molecule has 3 nitrogen and oxygen atoms in total. The van der Waals surface area contributed by atoms with Gasteiger partial charge in [-0.05, 0) is 0 Å². The lowest BCUT2D eigenvalue weighted by molar-refractivity contribution is -0.114. The number of nitrogens with one attached hydrogen (secondary N) is 1. The van der Waals surface area contributed by atoms with Crippen LogP contribution in [-0.2, 0) is 4.79 Å². The van der Waals surface area contributed by atoms with Crippen molar-refractivity contribution in [3.63, 3.8) is 0 Å². The number of carbonyl (C=O) groups is 1. The van der Waals surface area contributed by atoms with E-state index in [0.717, 1.165) is 17.9 Å². The molecule has 0 saturated heterocycles. The first kappa shape index (κ1) is 6.34. The molecule has 0 amide bonds. The van der Waals surface area contributed by atoms with Gasteiger partial charge in [-0.3, -0.25) is 4.79 Å². The summed E-state index contributed by atoms with van der Waals surface area (Å²) in [6.07, 6.45) is 5.98. The molecule has 0 spiro atoms. The minimum absolute atomic E-state index is 0.159. The Kier molecular flexibility index (Phi) is 1.35. The second-order valence-corrected chi connectivity index (χ2v) is 2.48. The van der Waals surface area contributed by atoms with E-state index in [1.807, 2.05) is 12.2 Å². The predicted octanol–water partition coefficient (Wildman–Crippen LogP) is 0.401. The maximum atomic E-state index is 11.1. The summed E-state index contributed by atoms with van der Waals surface area (Å²) in [5, 5.41) is 3.01. The van der Waals surface area contributed by atoms with Crippen LogP contribution in [-0.4, -0.2) is 18.5 Å². The van der Waals surface area contributed by atoms with Crippen LogP contribution in [0.25, 0.3) is 0 Å². The van der Waals surface area contributed by atoms with Gasteiger partial charge in [0.15, 0.2) is 5.78 Å². The largest absolute Gasteiger partial charge is 0.364 e. The highest BCUT2D eigenvalue weighted by atomic mass is 16.1. The smallest absolute Gasteiger partial charge is 0.170 e. The molecular weight excluding hydrogens is 140 g/mol. The molecule has 0 unspecified atom stereocenters. The van der Waals surface area contributed by atoms with Crippen LogP contribution in [0, 0.1) is 0 Å². The van der Waals surface area contributed by atoms with E-state index in [9.17, 15) is 4.79 Å². The molecule has 1 heterocycles. The lowest BCUT2D eigenvalue weighted by atomic mass is 10.2. The summed E-state index contributed by atoms with van der Waals surface area (Å²) in [7, 11) is 0. The topological polar surface area (TPSA) is 41.5 Å². The van der Waals surface area contributed by atoms with Crippen molar-refractivity contribution in [1.29, 1.82) is 0 Å². The van der Waals surface area contributed by atoms with Gasteiger partial charge in [0.2, 0.25) is 0 Å². The van der Waals surface area contributed by atoms with E-state index >= 15 is 0 Å². The summed E-state index contributed by atoms with van der Waals surface area (Å²) < 4.78 is 0. The third-order valence-electron chi connectivity index (χ3n) is 1.72. The van der Waals surface area contributed by atoms with Gasteiger partial charge < -0.3 is 5.32 Å². The summed E-state index contributed by atoms with van der Waals surface area (Å²) >= 11 is 0. The van der Waals surface area contributed by atoms with Crippen molar-refractivity contribution in [3.05, 3.63) is 23.5 Å². The van der Waals surface area contributed by atoms with E-state index in [4.69, 9.17) is 0 Å². The first-order valence-electron chi connectivity index (χ1n) is 3.58. The van der Waals surface area contributed by atoms with E-state index in [2.05, 4.69) is 10.3 Å². The van der Waals surface area contributed by atoms with Crippen LogP contribution < -0.4 is 5.32 Å². The van der Waals surface area contributed by atoms with Gasteiger partial charge in [-0.1, -0.05) is 12.2 Å². The van der Waals surface area contributed by atoms with Crippen molar-refractivity contribution in [2.45, 2.75) is 6.42 Å². The third-order valence-corrected chi connectivity index (χ3v) is 1.72. The third kappa shape index (κ3) is 0.981. The molecule has 3 heteroatoms. The molecule has 56 valence electrons. The van der Waals surface area contributed by atoms with Crippen LogP contribution in [0.5, 0.6) is 0 Å². The fraction of sp³-hybridized carbons (Fsp3) is 0.250. The maximum absolute atomic E-state index is 11.1. The molecule has 2 aliphatic rings. The van der Waals surface area contributed by atoms with Gasteiger partial charge in [-0.25, -0.2) is 4.99 Å². The highest BCUT2D eigenvalue weighted by Crippen LogP contribution is 2.16. The number of nitrogens with zero attached hydrogens (tertiary/aromatic N) is 1. The van der Waals surface area contributed by atoms with Crippen LogP contribution >= 0.6 is 0 Å². The van der Waals surface area contributed by atoms with Crippen molar-refractivity contribution < 1.29 is 4.79 Å². The van der Waals surface area contributed by atoms with Gasteiger partial charge in [0, 0.05) is 12.6 Å². The summed E-state index contributed by atoms with van der Waals surface area (Å²) in [4.78, 5) is 15.2. The summed E-state index contributed by atoms with van der Waals surface area (Å²) in [6.45, 7) is 0.736. The van der Waals surface area contributed by atoms with Crippen LogP contribution in [0.4, 0.5) is 0 Å². The van der Waals surface area contributed by atoms with E-state index in [1.165, 1.54) is 0 Å². The van der Waals surface area contributed by atoms with E-state index < -0.39 is 0 Å². The summed E-state index contributed by atoms with van der Waals surface area (Å²) in [5.74, 6) is 0.885. The van der Waals surface area contributed by atoms with Gasteiger partial charge in [-0.2, -0.15) is 0 Å². The average molecular weight is 148 g/mol. The van der Waals surface area contributed by atoms with Crippen molar-refractivity contribution in [2.75, 3.05) is 6.54 Å². The average Bonchev–Trinajstić information content (AvgIpc) is 2.55.